The minimum Gasteiger partial charge on any atom is -0.207 e. The summed E-state index contributed by atoms with van der Waals surface area (Å²) in [7, 11) is -3.73. The number of halogens is 1. The summed E-state index contributed by atoms with van der Waals surface area (Å²) in [6, 6.07) is 8.52. The van der Waals surface area contributed by atoms with E-state index in [9.17, 15) is 8.42 Å². The first-order valence-corrected chi connectivity index (χ1v) is 7.70. The van der Waals surface area contributed by atoms with Crippen LogP contribution in [0.1, 0.15) is 20.8 Å². The summed E-state index contributed by atoms with van der Waals surface area (Å²) in [5.74, 6) is -0.139. The molecular formula is C12H15BrN2O2S. The maximum atomic E-state index is 12.2. The van der Waals surface area contributed by atoms with E-state index in [0.717, 1.165) is 0 Å². The zero-order valence-corrected chi connectivity index (χ0v) is 12.8. The number of nitriles is 1. The number of nitrogens with one attached hydrogen (secondary N) is 1. The first kappa shape index (κ1) is 15.2. The summed E-state index contributed by atoms with van der Waals surface area (Å²) in [5, 5.41) is 9.15. The number of benzene rings is 1. The minimum absolute atomic E-state index is 0.132. The van der Waals surface area contributed by atoms with Gasteiger partial charge in [-0.05, 0) is 40.9 Å². The SMILES string of the molecule is CC(C)[C@@](C)(C#N)NS(=O)(=O)c1ccccc1Br. The standard InChI is InChI=1S/C12H15BrN2O2S/c1-9(2)12(3,8-14)15-18(16,17)11-7-5-4-6-10(11)13/h4-7,9,15H,1-3H3/t12-/m1/s1. The Morgan fingerprint density at radius 2 is 1.94 bits per heavy atom. The highest BCUT2D eigenvalue weighted by Crippen LogP contribution is 2.24. The van der Waals surface area contributed by atoms with Gasteiger partial charge < -0.3 is 0 Å². The Morgan fingerprint density at radius 1 is 1.39 bits per heavy atom. The molecule has 0 saturated carbocycles. The minimum atomic E-state index is -3.73. The Hall–Kier alpha value is -0.900. The molecule has 18 heavy (non-hydrogen) atoms. The molecule has 0 unspecified atom stereocenters. The molecule has 0 fully saturated rings. The molecule has 98 valence electrons. The van der Waals surface area contributed by atoms with Crippen molar-refractivity contribution in [2.45, 2.75) is 31.2 Å². The van der Waals surface area contributed by atoms with Gasteiger partial charge in [-0.15, -0.1) is 0 Å². The van der Waals surface area contributed by atoms with E-state index in [0.29, 0.717) is 4.47 Å². The molecule has 0 aliphatic carbocycles. The lowest BCUT2D eigenvalue weighted by atomic mass is 9.92. The molecule has 1 rings (SSSR count). The fourth-order valence-corrected chi connectivity index (χ4v) is 3.72. The van der Waals surface area contributed by atoms with Crippen LogP contribution in [0.4, 0.5) is 0 Å². The lowest BCUT2D eigenvalue weighted by Crippen LogP contribution is -2.48. The molecule has 0 saturated heterocycles. The predicted molar refractivity (Wildman–Crippen MR) is 73.3 cm³/mol. The van der Waals surface area contributed by atoms with Crippen LogP contribution in [0, 0.1) is 17.2 Å². The topological polar surface area (TPSA) is 70.0 Å². The van der Waals surface area contributed by atoms with Gasteiger partial charge in [0.1, 0.15) is 5.54 Å². The van der Waals surface area contributed by atoms with Crippen molar-refractivity contribution in [1.29, 1.82) is 5.26 Å². The first-order chi connectivity index (χ1) is 8.23. The van der Waals surface area contributed by atoms with Crippen molar-refractivity contribution in [2.75, 3.05) is 0 Å². The van der Waals surface area contributed by atoms with Crippen molar-refractivity contribution in [3.05, 3.63) is 28.7 Å². The monoisotopic (exact) mass is 330 g/mol. The van der Waals surface area contributed by atoms with E-state index in [-0.39, 0.29) is 10.8 Å². The van der Waals surface area contributed by atoms with Crippen LogP contribution >= 0.6 is 15.9 Å². The van der Waals surface area contributed by atoms with E-state index in [4.69, 9.17) is 5.26 Å². The molecular weight excluding hydrogens is 316 g/mol. The number of hydrogen-bond acceptors (Lipinski definition) is 3. The van der Waals surface area contributed by atoms with Crippen LogP contribution in [0.2, 0.25) is 0 Å². The number of nitrogens with zero attached hydrogens (tertiary/aromatic N) is 1. The van der Waals surface area contributed by atoms with Crippen molar-refractivity contribution < 1.29 is 8.42 Å². The van der Waals surface area contributed by atoms with Crippen molar-refractivity contribution >= 4 is 26.0 Å². The molecule has 1 aromatic carbocycles. The molecule has 4 nitrogen and oxygen atoms in total. The third kappa shape index (κ3) is 3.10. The van der Waals surface area contributed by atoms with Gasteiger partial charge in [-0.2, -0.15) is 9.98 Å². The van der Waals surface area contributed by atoms with Crippen LogP contribution in [0.25, 0.3) is 0 Å². The van der Waals surface area contributed by atoms with Crippen molar-refractivity contribution in [2.24, 2.45) is 5.92 Å². The van der Waals surface area contributed by atoms with Crippen molar-refractivity contribution in [1.82, 2.24) is 4.72 Å². The van der Waals surface area contributed by atoms with Gasteiger partial charge in [0.15, 0.2) is 0 Å². The normalized spacial score (nSPS) is 15.1. The van der Waals surface area contributed by atoms with Gasteiger partial charge in [-0.3, -0.25) is 0 Å². The Labute approximate surface area is 116 Å². The molecule has 0 radical (unpaired) electrons. The molecule has 1 aromatic rings. The lowest BCUT2D eigenvalue weighted by Gasteiger charge is -2.27. The number of sulfonamides is 1. The summed E-state index contributed by atoms with van der Waals surface area (Å²) in [5.41, 5.74) is -1.13. The summed E-state index contributed by atoms with van der Waals surface area (Å²) >= 11 is 3.20. The Bertz CT molecular complexity index is 578. The van der Waals surface area contributed by atoms with Crippen LogP contribution in [0.15, 0.2) is 33.6 Å². The molecule has 0 aromatic heterocycles. The number of hydrogen-bond donors (Lipinski definition) is 1. The molecule has 1 N–H and O–H groups in total. The highest BCUT2D eigenvalue weighted by atomic mass is 79.9. The second-order valence-corrected chi connectivity index (χ2v) is 7.01. The van der Waals surface area contributed by atoms with E-state index in [1.807, 2.05) is 6.07 Å². The van der Waals surface area contributed by atoms with Crippen LogP contribution in [-0.2, 0) is 10.0 Å². The van der Waals surface area contributed by atoms with Gasteiger partial charge >= 0.3 is 0 Å². The molecule has 0 aliphatic rings. The Kier molecular flexibility index (Phi) is 4.54. The van der Waals surface area contributed by atoms with Gasteiger partial charge in [-0.1, -0.05) is 26.0 Å². The molecule has 0 amide bonds. The fraction of sp³-hybridized carbons (Fsp3) is 0.417. The summed E-state index contributed by atoms with van der Waals surface area (Å²) in [4.78, 5) is 0.132. The summed E-state index contributed by atoms with van der Waals surface area (Å²) in [6.07, 6.45) is 0. The molecule has 0 spiro atoms. The Balaban J connectivity index is 3.19. The average molecular weight is 331 g/mol. The average Bonchev–Trinajstić information content (AvgIpc) is 2.28. The van der Waals surface area contributed by atoms with Crippen LogP contribution in [-0.4, -0.2) is 14.0 Å². The summed E-state index contributed by atoms with van der Waals surface area (Å²) in [6.45, 7) is 5.17. The Morgan fingerprint density at radius 3 is 2.39 bits per heavy atom. The van der Waals surface area contributed by atoms with E-state index in [2.05, 4.69) is 20.7 Å². The van der Waals surface area contributed by atoms with Gasteiger partial charge in [0.2, 0.25) is 10.0 Å². The predicted octanol–water partition coefficient (Wildman–Crippen LogP) is 2.67. The van der Waals surface area contributed by atoms with Crippen molar-refractivity contribution in [3.63, 3.8) is 0 Å². The lowest BCUT2D eigenvalue weighted by molar-refractivity contribution is 0.388. The zero-order chi connectivity index (χ0) is 14.0. The largest absolute Gasteiger partial charge is 0.243 e. The maximum absolute atomic E-state index is 12.2. The third-order valence-electron chi connectivity index (χ3n) is 2.86. The van der Waals surface area contributed by atoms with Gasteiger partial charge in [0.05, 0.1) is 11.0 Å². The van der Waals surface area contributed by atoms with E-state index in [1.165, 1.54) is 6.07 Å². The van der Waals surface area contributed by atoms with Gasteiger partial charge in [-0.25, -0.2) is 8.42 Å². The zero-order valence-electron chi connectivity index (χ0n) is 10.4. The molecule has 0 aliphatic heterocycles. The van der Waals surface area contributed by atoms with Crippen molar-refractivity contribution in [3.8, 4) is 6.07 Å². The molecule has 0 heterocycles. The second kappa shape index (κ2) is 5.39. The quantitative estimate of drug-likeness (QED) is 0.922. The molecule has 1 atom stereocenters. The summed E-state index contributed by atoms with van der Waals surface area (Å²) < 4.78 is 27.4. The van der Waals surface area contributed by atoms with Gasteiger partial charge in [0.25, 0.3) is 0 Å². The highest BCUT2D eigenvalue weighted by molar-refractivity contribution is 9.10. The smallest absolute Gasteiger partial charge is 0.207 e. The highest BCUT2D eigenvalue weighted by Gasteiger charge is 2.34. The molecule has 6 heteroatoms. The van der Waals surface area contributed by atoms with E-state index < -0.39 is 15.6 Å². The molecule has 0 bridgehead atoms. The third-order valence-corrected chi connectivity index (χ3v) is 5.44. The second-order valence-electron chi connectivity index (χ2n) is 4.50. The van der Waals surface area contributed by atoms with Crippen LogP contribution < -0.4 is 4.72 Å². The van der Waals surface area contributed by atoms with Crippen LogP contribution in [0.5, 0.6) is 0 Å². The van der Waals surface area contributed by atoms with E-state index >= 15 is 0 Å². The first-order valence-electron chi connectivity index (χ1n) is 5.42. The van der Waals surface area contributed by atoms with Gasteiger partial charge in [0, 0.05) is 4.47 Å². The number of rotatable bonds is 4. The maximum Gasteiger partial charge on any atom is 0.243 e. The van der Waals surface area contributed by atoms with Crippen LogP contribution in [0.3, 0.4) is 0 Å². The van der Waals surface area contributed by atoms with E-state index in [1.54, 1.807) is 39.0 Å². The fourth-order valence-electron chi connectivity index (χ4n) is 1.27.